The molecule has 0 saturated heterocycles. The van der Waals surface area contributed by atoms with Gasteiger partial charge in [0.2, 0.25) is 5.95 Å². The number of ketones is 1. The minimum Gasteiger partial charge on any atom is -0.324 e. The Morgan fingerprint density at radius 2 is 1.50 bits per heavy atom. The van der Waals surface area contributed by atoms with Gasteiger partial charge in [0.05, 0.1) is 0 Å². The number of amides is 1. The first-order chi connectivity index (χ1) is 13.3. The number of hydrogen-bond acceptors (Lipinski definition) is 5. The summed E-state index contributed by atoms with van der Waals surface area (Å²) in [5.74, 6) is 0.0215. The van der Waals surface area contributed by atoms with Crippen LogP contribution in [0.3, 0.4) is 0 Å². The van der Waals surface area contributed by atoms with Gasteiger partial charge in [0.1, 0.15) is 5.69 Å². The van der Waals surface area contributed by atoms with E-state index in [-0.39, 0.29) is 17.4 Å². The van der Waals surface area contributed by atoms with Crippen LogP contribution in [-0.2, 0) is 0 Å². The van der Waals surface area contributed by atoms with E-state index in [0.717, 1.165) is 22.5 Å². The summed E-state index contributed by atoms with van der Waals surface area (Å²) >= 11 is 0. The molecule has 2 N–H and O–H groups in total. The number of rotatable bonds is 5. The van der Waals surface area contributed by atoms with Crippen molar-refractivity contribution in [3.05, 3.63) is 76.6 Å². The van der Waals surface area contributed by atoms with Crippen LogP contribution in [0, 0.1) is 20.8 Å². The lowest BCUT2D eigenvalue weighted by atomic mass is 10.1. The molecule has 0 fully saturated rings. The third kappa shape index (κ3) is 4.59. The highest BCUT2D eigenvalue weighted by Crippen LogP contribution is 2.17. The van der Waals surface area contributed by atoms with Crippen LogP contribution in [0.25, 0.3) is 0 Å². The van der Waals surface area contributed by atoms with E-state index in [4.69, 9.17) is 0 Å². The van der Waals surface area contributed by atoms with Gasteiger partial charge in [-0.05, 0) is 81.3 Å². The van der Waals surface area contributed by atoms with E-state index in [0.29, 0.717) is 17.2 Å². The zero-order chi connectivity index (χ0) is 20.3. The average Bonchev–Trinajstić information content (AvgIpc) is 2.64. The van der Waals surface area contributed by atoms with Gasteiger partial charge in [-0.1, -0.05) is 6.07 Å². The number of nitrogens with one attached hydrogen (secondary N) is 2. The van der Waals surface area contributed by atoms with Crippen molar-refractivity contribution in [2.24, 2.45) is 0 Å². The molecule has 1 amide bonds. The van der Waals surface area contributed by atoms with Crippen LogP contribution in [-0.4, -0.2) is 21.7 Å². The second-order valence-corrected chi connectivity index (χ2v) is 6.73. The minimum atomic E-state index is -0.302. The first kappa shape index (κ1) is 19.2. The summed E-state index contributed by atoms with van der Waals surface area (Å²) in [7, 11) is 0. The van der Waals surface area contributed by atoms with Gasteiger partial charge in [-0.15, -0.1) is 0 Å². The lowest BCUT2D eigenvalue weighted by Gasteiger charge is -2.10. The number of carbonyl (C=O) groups is 2. The van der Waals surface area contributed by atoms with Gasteiger partial charge in [-0.25, -0.2) is 9.97 Å². The van der Waals surface area contributed by atoms with Crippen molar-refractivity contribution in [1.29, 1.82) is 0 Å². The van der Waals surface area contributed by atoms with Gasteiger partial charge in [-0.2, -0.15) is 0 Å². The van der Waals surface area contributed by atoms with E-state index in [2.05, 4.69) is 20.6 Å². The van der Waals surface area contributed by atoms with Gasteiger partial charge in [0.15, 0.2) is 5.78 Å². The van der Waals surface area contributed by atoms with E-state index < -0.39 is 0 Å². The van der Waals surface area contributed by atoms with Crippen LogP contribution in [0.2, 0.25) is 0 Å². The first-order valence-electron chi connectivity index (χ1n) is 8.94. The first-order valence-corrected chi connectivity index (χ1v) is 8.94. The Morgan fingerprint density at radius 3 is 2.14 bits per heavy atom. The Morgan fingerprint density at radius 1 is 0.821 bits per heavy atom. The summed E-state index contributed by atoms with van der Waals surface area (Å²) in [6.45, 7) is 7.35. The molecule has 0 radical (unpaired) electrons. The van der Waals surface area contributed by atoms with Gasteiger partial charge in [-0.3, -0.25) is 9.59 Å². The van der Waals surface area contributed by atoms with Gasteiger partial charge in [0.25, 0.3) is 5.91 Å². The number of hydrogen-bond donors (Lipinski definition) is 2. The maximum Gasteiger partial charge on any atom is 0.274 e. The maximum atomic E-state index is 12.6. The van der Waals surface area contributed by atoms with Crippen LogP contribution in [0.4, 0.5) is 17.3 Å². The zero-order valence-electron chi connectivity index (χ0n) is 16.3. The fourth-order valence-electron chi connectivity index (χ4n) is 2.67. The average molecular weight is 374 g/mol. The van der Waals surface area contributed by atoms with Gasteiger partial charge < -0.3 is 10.6 Å². The van der Waals surface area contributed by atoms with Crippen LogP contribution < -0.4 is 10.6 Å². The number of nitrogens with zero attached hydrogens (tertiary/aromatic N) is 2. The van der Waals surface area contributed by atoms with Crippen molar-refractivity contribution in [2.75, 3.05) is 10.6 Å². The van der Waals surface area contributed by atoms with Crippen molar-refractivity contribution < 1.29 is 9.59 Å². The molecule has 3 aromatic rings. The molecular formula is C22H22N4O2. The third-order valence-electron chi connectivity index (χ3n) is 4.40. The lowest BCUT2D eigenvalue weighted by Crippen LogP contribution is -2.15. The van der Waals surface area contributed by atoms with E-state index in [1.165, 1.54) is 6.92 Å². The van der Waals surface area contributed by atoms with Crippen molar-refractivity contribution in [3.8, 4) is 0 Å². The standard InChI is InChI=1S/C22H22N4O2/c1-13-5-8-19(11-14(13)2)24-21(28)20-12-15(3)23-22(26-20)25-18-9-6-17(7-10-18)16(4)27/h5-12H,1-4H3,(H,24,28)(H,23,25,26). The Balaban J connectivity index is 1.79. The number of anilines is 3. The Kier molecular flexibility index (Phi) is 5.49. The number of aryl methyl sites for hydroxylation is 3. The van der Waals surface area contributed by atoms with E-state index in [1.54, 1.807) is 37.3 Å². The SMILES string of the molecule is CC(=O)c1ccc(Nc2nc(C)cc(C(=O)Nc3ccc(C)c(C)c3)n2)cc1. The molecule has 0 unspecified atom stereocenters. The fourth-order valence-corrected chi connectivity index (χ4v) is 2.67. The largest absolute Gasteiger partial charge is 0.324 e. The lowest BCUT2D eigenvalue weighted by molar-refractivity contribution is 0.101. The second kappa shape index (κ2) is 8.00. The molecule has 0 aliphatic heterocycles. The predicted molar refractivity (Wildman–Crippen MR) is 110 cm³/mol. The molecule has 28 heavy (non-hydrogen) atoms. The molecule has 0 aliphatic carbocycles. The molecule has 1 heterocycles. The zero-order valence-corrected chi connectivity index (χ0v) is 16.3. The molecule has 6 nitrogen and oxygen atoms in total. The van der Waals surface area contributed by atoms with Crippen LogP contribution in [0.15, 0.2) is 48.5 Å². The highest BCUT2D eigenvalue weighted by Gasteiger charge is 2.12. The van der Waals surface area contributed by atoms with Crippen molar-refractivity contribution in [3.63, 3.8) is 0 Å². The van der Waals surface area contributed by atoms with Gasteiger partial charge in [0, 0.05) is 22.6 Å². The smallest absolute Gasteiger partial charge is 0.274 e. The monoisotopic (exact) mass is 374 g/mol. The molecule has 0 atom stereocenters. The molecule has 3 rings (SSSR count). The van der Waals surface area contributed by atoms with Crippen LogP contribution in [0.5, 0.6) is 0 Å². The normalized spacial score (nSPS) is 10.4. The molecule has 0 bridgehead atoms. The maximum absolute atomic E-state index is 12.6. The summed E-state index contributed by atoms with van der Waals surface area (Å²) in [5.41, 5.74) is 5.29. The number of Topliss-reactive ketones (excluding diaryl/α,β-unsaturated/α-hetero) is 1. The molecule has 142 valence electrons. The Hall–Kier alpha value is -3.54. The summed E-state index contributed by atoms with van der Waals surface area (Å²) < 4.78 is 0. The molecule has 2 aromatic carbocycles. The number of aromatic nitrogens is 2. The topological polar surface area (TPSA) is 84.0 Å². The Bertz CT molecular complexity index is 1040. The molecule has 0 saturated carbocycles. The summed E-state index contributed by atoms with van der Waals surface area (Å²) in [5, 5.41) is 5.94. The van der Waals surface area contributed by atoms with Crippen LogP contribution in [0.1, 0.15) is 44.6 Å². The number of benzene rings is 2. The summed E-state index contributed by atoms with van der Waals surface area (Å²) in [6.07, 6.45) is 0. The highest BCUT2D eigenvalue weighted by molar-refractivity contribution is 6.03. The van der Waals surface area contributed by atoms with Crippen molar-refractivity contribution in [2.45, 2.75) is 27.7 Å². The van der Waals surface area contributed by atoms with E-state index >= 15 is 0 Å². The minimum absolute atomic E-state index is 0.00338. The highest BCUT2D eigenvalue weighted by atomic mass is 16.2. The van der Waals surface area contributed by atoms with E-state index in [9.17, 15) is 9.59 Å². The van der Waals surface area contributed by atoms with E-state index in [1.807, 2.05) is 32.0 Å². The van der Waals surface area contributed by atoms with Crippen molar-refractivity contribution >= 4 is 29.0 Å². The Labute approximate surface area is 164 Å². The molecule has 6 heteroatoms. The summed E-state index contributed by atoms with van der Waals surface area (Å²) in [4.78, 5) is 32.7. The molecule has 0 aliphatic rings. The third-order valence-corrected chi connectivity index (χ3v) is 4.40. The number of carbonyl (C=O) groups excluding carboxylic acids is 2. The summed E-state index contributed by atoms with van der Waals surface area (Å²) in [6, 6.07) is 14.4. The van der Waals surface area contributed by atoms with Crippen LogP contribution >= 0.6 is 0 Å². The fraction of sp³-hybridized carbons (Fsp3) is 0.182. The predicted octanol–water partition coefficient (Wildman–Crippen LogP) is 4.60. The second-order valence-electron chi connectivity index (χ2n) is 6.73. The van der Waals surface area contributed by atoms with Gasteiger partial charge >= 0.3 is 0 Å². The van der Waals surface area contributed by atoms with Crippen molar-refractivity contribution in [1.82, 2.24) is 9.97 Å². The quantitative estimate of drug-likeness (QED) is 0.638. The molecular weight excluding hydrogens is 352 g/mol. The molecule has 1 aromatic heterocycles. The molecule has 0 spiro atoms.